The highest BCUT2D eigenvalue weighted by Gasteiger charge is 2.24. The molecule has 2 aliphatic rings. The molecule has 1 saturated heterocycles. The molecule has 1 aliphatic heterocycles. The van der Waals surface area contributed by atoms with Gasteiger partial charge in [-0.2, -0.15) is 0 Å². The van der Waals surface area contributed by atoms with Crippen molar-refractivity contribution in [3.05, 3.63) is 24.0 Å². The summed E-state index contributed by atoms with van der Waals surface area (Å²) in [5, 5.41) is 3.61. The second kappa shape index (κ2) is 5.47. The zero-order valence-corrected chi connectivity index (χ0v) is 12.0. The highest BCUT2D eigenvalue weighted by atomic mass is 15.3. The van der Waals surface area contributed by atoms with Gasteiger partial charge in [0.05, 0.1) is 11.9 Å². The van der Waals surface area contributed by atoms with Gasteiger partial charge < -0.3 is 15.1 Å². The van der Waals surface area contributed by atoms with Crippen molar-refractivity contribution in [2.24, 2.45) is 0 Å². The number of hydrogen-bond acceptors (Lipinski definition) is 4. The lowest BCUT2D eigenvalue weighted by molar-refractivity contribution is 0.234. The van der Waals surface area contributed by atoms with Crippen molar-refractivity contribution in [2.45, 2.75) is 38.4 Å². The molecule has 1 aliphatic carbocycles. The second-order valence-electron chi connectivity index (χ2n) is 5.94. The number of anilines is 1. The minimum Gasteiger partial charge on any atom is -0.367 e. The van der Waals surface area contributed by atoms with Gasteiger partial charge in [0, 0.05) is 44.5 Å². The monoisotopic (exact) mass is 260 g/mol. The first-order chi connectivity index (χ1) is 9.24. The first-order valence-electron chi connectivity index (χ1n) is 7.35. The van der Waals surface area contributed by atoms with E-state index in [0.717, 1.165) is 32.2 Å². The Morgan fingerprint density at radius 3 is 2.95 bits per heavy atom. The molecular weight excluding hydrogens is 236 g/mol. The molecule has 4 heteroatoms. The first-order valence-corrected chi connectivity index (χ1v) is 7.35. The van der Waals surface area contributed by atoms with Crippen molar-refractivity contribution in [2.75, 3.05) is 31.6 Å². The zero-order valence-electron chi connectivity index (χ0n) is 12.0. The molecule has 1 N–H and O–H groups in total. The van der Waals surface area contributed by atoms with E-state index in [9.17, 15) is 0 Å². The molecule has 0 aromatic carbocycles. The molecular formula is C15H24N4. The van der Waals surface area contributed by atoms with E-state index >= 15 is 0 Å². The average Bonchev–Trinajstić information content (AvgIpc) is 3.24. The summed E-state index contributed by atoms with van der Waals surface area (Å²) in [7, 11) is 2.21. The smallest absolute Gasteiger partial charge is 0.0599 e. The normalized spacial score (nSPS) is 24.7. The van der Waals surface area contributed by atoms with Gasteiger partial charge in [-0.25, -0.2) is 0 Å². The molecule has 0 bridgehead atoms. The summed E-state index contributed by atoms with van der Waals surface area (Å²) < 4.78 is 0. The Hall–Kier alpha value is -1.13. The third-order valence-electron chi connectivity index (χ3n) is 4.35. The van der Waals surface area contributed by atoms with Crippen molar-refractivity contribution >= 4 is 5.69 Å². The molecule has 1 aromatic heterocycles. The van der Waals surface area contributed by atoms with Crippen LogP contribution in [0.3, 0.4) is 0 Å². The van der Waals surface area contributed by atoms with Crippen molar-refractivity contribution in [3.8, 4) is 0 Å². The summed E-state index contributed by atoms with van der Waals surface area (Å²) in [5.41, 5.74) is 2.70. The molecule has 19 heavy (non-hydrogen) atoms. The standard InChI is InChI=1S/C15H24N4/c1-12-11-19(8-7-18(12)2)15-10-16-6-5-13(15)9-17-14-3-4-14/h5-6,10,12,14,17H,3-4,7-9,11H2,1-2H3. The maximum absolute atomic E-state index is 4.32. The van der Waals surface area contributed by atoms with Crippen LogP contribution in [0.15, 0.2) is 18.5 Å². The number of nitrogens with zero attached hydrogens (tertiary/aromatic N) is 3. The highest BCUT2D eigenvalue weighted by Crippen LogP contribution is 2.24. The summed E-state index contributed by atoms with van der Waals surface area (Å²) in [6, 6.07) is 3.53. The minimum absolute atomic E-state index is 0.609. The van der Waals surface area contributed by atoms with Gasteiger partial charge in [0.15, 0.2) is 0 Å². The van der Waals surface area contributed by atoms with Gasteiger partial charge in [-0.05, 0) is 38.4 Å². The Morgan fingerprint density at radius 1 is 1.37 bits per heavy atom. The van der Waals surface area contributed by atoms with Crippen LogP contribution >= 0.6 is 0 Å². The predicted molar refractivity (Wildman–Crippen MR) is 78.4 cm³/mol. The van der Waals surface area contributed by atoms with E-state index < -0.39 is 0 Å². The Balaban J connectivity index is 1.71. The van der Waals surface area contributed by atoms with Crippen molar-refractivity contribution in [1.29, 1.82) is 0 Å². The maximum Gasteiger partial charge on any atom is 0.0599 e. The molecule has 2 heterocycles. The van der Waals surface area contributed by atoms with E-state index in [2.05, 4.69) is 40.1 Å². The van der Waals surface area contributed by atoms with Gasteiger partial charge in [-0.3, -0.25) is 4.98 Å². The number of pyridine rings is 1. The molecule has 1 unspecified atom stereocenters. The molecule has 0 spiro atoms. The molecule has 0 radical (unpaired) electrons. The SMILES string of the molecule is CC1CN(c2cnccc2CNC2CC2)CCN1C. The number of rotatable bonds is 4. The number of aromatic nitrogens is 1. The van der Waals surface area contributed by atoms with E-state index in [-0.39, 0.29) is 0 Å². The van der Waals surface area contributed by atoms with Crippen molar-refractivity contribution in [1.82, 2.24) is 15.2 Å². The number of likely N-dealkylation sites (N-methyl/N-ethyl adjacent to an activating group) is 1. The van der Waals surface area contributed by atoms with Crippen LogP contribution in [-0.2, 0) is 6.54 Å². The van der Waals surface area contributed by atoms with E-state index in [1.165, 1.54) is 24.1 Å². The fourth-order valence-corrected chi connectivity index (χ4v) is 2.66. The van der Waals surface area contributed by atoms with Gasteiger partial charge in [0.25, 0.3) is 0 Å². The highest BCUT2D eigenvalue weighted by molar-refractivity contribution is 5.52. The van der Waals surface area contributed by atoms with E-state index in [1.54, 1.807) is 0 Å². The largest absolute Gasteiger partial charge is 0.367 e. The lowest BCUT2D eigenvalue weighted by Gasteiger charge is -2.39. The topological polar surface area (TPSA) is 31.4 Å². The van der Waals surface area contributed by atoms with Crippen LogP contribution in [-0.4, -0.2) is 48.6 Å². The van der Waals surface area contributed by atoms with E-state index in [1.807, 2.05) is 12.4 Å². The van der Waals surface area contributed by atoms with Gasteiger partial charge in [-0.1, -0.05) is 0 Å². The molecule has 104 valence electrons. The van der Waals surface area contributed by atoms with Gasteiger partial charge in [-0.15, -0.1) is 0 Å². The fraction of sp³-hybridized carbons (Fsp3) is 0.667. The Morgan fingerprint density at radius 2 is 2.21 bits per heavy atom. The van der Waals surface area contributed by atoms with E-state index in [0.29, 0.717) is 6.04 Å². The lowest BCUT2D eigenvalue weighted by atomic mass is 10.1. The second-order valence-corrected chi connectivity index (χ2v) is 5.94. The van der Waals surface area contributed by atoms with Crippen LogP contribution in [0.1, 0.15) is 25.3 Å². The fourth-order valence-electron chi connectivity index (χ4n) is 2.66. The van der Waals surface area contributed by atoms with Crippen LogP contribution in [0.4, 0.5) is 5.69 Å². The van der Waals surface area contributed by atoms with Gasteiger partial charge >= 0.3 is 0 Å². The molecule has 0 amide bonds. The Labute approximate surface area is 115 Å². The van der Waals surface area contributed by atoms with Crippen LogP contribution in [0.25, 0.3) is 0 Å². The molecule has 1 atom stereocenters. The van der Waals surface area contributed by atoms with Gasteiger partial charge in [0.2, 0.25) is 0 Å². The zero-order chi connectivity index (χ0) is 13.2. The first kappa shape index (κ1) is 12.9. The summed E-state index contributed by atoms with van der Waals surface area (Å²) >= 11 is 0. The molecule has 4 nitrogen and oxygen atoms in total. The predicted octanol–water partition coefficient (Wildman–Crippen LogP) is 1.47. The number of nitrogens with one attached hydrogen (secondary N) is 1. The van der Waals surface area contributed by atoms with E-state index in [4.69, 9.17) is 0 Å². The third kappa shape index (κ3) is 3.07. The molecule has 1 aromatic rings. The average molecular weight is 260 g/mol. The van der Waals surface area contributed by atoms with Crippen LogP contribution in [0, 0.1) is 0 Å². The third-order valence-corrected chi connectivity index (χ3v) is 4.35. The molecule has 3 rings (SSSR count). The molecule has 1 saturated carbocycles. The Kier molecular flexibility index (Phi) is 3.71. The number of piperazine rings is 1. The van der Waals surface area contributed by atoms with Crippen LogP contribution in [0.2, 0.25) is 0 Å². The molecule has 2 fully saturated rings. The summed E-state index contributed by atoms with van der Waals surface area (Å²) in [5.74, 6) is 0. The van der Waals surface area contributed by atoms with Gasteiger partial charge in [0.1, 0.15) is 0 Å². The maximum atomic E-state index is 4.32. The van der Waals surface area contributed by atoms with Crippen LogP contribution in [0.5, 0.6) is 0 Å². The van der Waals surface area contributed by atoms with Crippen LogP contribution < -0.4 is 10.2 Å². The summed E-state index contributed by atoms with van der Waals surface area (Å²) in [4.78, 5) is 9.24. The van der Waals surface area contributed by atoms with Crippen molar-refractivity contribution in [3.63, 3.8) is 0 Å². The van der Waals surface area contributed by atoms with Crippen molar-refractivity contribution < 1.29 is 0 Å². The number of hydrogen-bond donors (Lipinski definition) is 1. The Bertz CT molecular complexity index is 430. The summed E-state index contributed by atoms with van der Waals surface area (Å²) in [6.07, 6.45) is 6.62. The lowest BCUT2D eigenvalue weighted by Crippen LogP contribution is -2.50. The summed E-state index contributed by atoms with van der Waals surface area (Å²) in [6.45, 7) is 6.60. The quantitative estimate of drug-likeness (QED) is 0.888. The minimum atomic E-state index is 0.609.